The van der Waals surface area contributed by atoms with Crippen molar-refractivity contribution in [1.29, 1.82) is 0 Å². The van der Waals surface area contributed by atoms with Gasteiger partial charge in [0.25, 0.3) is 5.91 Å². The van der Waals surface area contributed by atoms with Gasteiger partial charge in [0, 0.05) is 7.05 Å². The number of nitrogens with zero attached hydrogens (tertiary/aromatic N) is 2. The van der Waals surface area contributed by atoms with Crippen molar-refractivity contribution in [3.05, 3.63) is 57.8 Å². The number of amides is 1. The van der Waals surface area contributed by atoms with Gasteiger partial charge < -0.3 is 14.1 Å². The van der Waals surface area contributed by atoms with Crippen molar-refractivity contribution >= 4 is 11.8 Å². The van der Waals surface area contributed by atoms with Crippen LogP contribution in [0.15, 0.2) is 40.8 Å². The molecule has 0 bridgehead atoms. The van der Waals surface area contributed by atoms with Gasteiger partial charge >= 0.3 is 5.88 Å². The number of likely N-dealkylation sites (N-methyl/N-ethyl adjacent to an activating group) is 1. The van der Waals surface area contributed by atoms with E-state index < -0.39 is 16.7 Å². The Morgan fingerprint density at radius 3 is 2.77 bits per heavy atom. The Kier molecular flexibility index (Phi) is 4.77. The Morgan fingerprint density at radius 2 is 2.14 bits per heavy atom. The molecule has 2 aromatic rings. The van der Waals surface area contributed by atoms with E-state index in [1.54, 1.807) is 7.05 Å². The second kappa shape index (κ2) is 6.75. The highest BCUT2D eigenvalue weighted by atomic mass is 16.6. The molecule has 22 heavy (non-hydrogen) atoms. The maximum Gasteiger partial charge on any atom is 0.433 e. The molecule has 1 aromatic heterocycles. The van der Waals surface area contributed by atoms with E-state index in [-0.39, 0.29) is 5.76 Å². The molecule has 1 amide bonds. The van der Waals surface area contributed by atoms with Crippen LogP contribution < -0.4 is 4.74 Å². The Bertz CT molecular complexity index is 680. The summed E-state index contributed by atoms with van der Waals surface area (Å²) >= 11 is 0. The van der Waals surface area contributed by atoms with Gasteiger partial charge in [0.2, 0.25) is 0 Å². The predicted octanol–water partition coefficient (Wildman–Crippen LogP) is 2.65. The number of ether oxygens (including phenoxy) is 1. The second-order valence-electron chi connectivity index (χ2n) is 4.79. The molecule has 0 fully saturated rings. The van der Waals surface area contributed by atoms with Crippen LogP contribution in [0.3, 0.4) is 0 Å². The standard InChI is InChI=1S/C15H16N2O5/c1-11-4-3-5-12(10-11)21-9-8-16(2)15(18)13-6-7-14(22-13)17(19)20/h3-7,10H,8-9H2,1-2H3. The molecule has 0 spiro atoms. The Labute approximate surface area is 127 Å². The zero-order chi connectivity index (χ0) is 16.1. The molecular weight excluding hydrogens is 288 g/mol. The van der Waals surface area contributed by atoms with Crippen LogP contribution >= 0.6 is 0 Å². The third-order valence-corrected chi connectivity index (χ3v) is 3.01. The molecule has 0 saturated heterocycles. The summed E-state index contributed by atoms with van der Waals surface area (Å²) in [6.07, 6.45) is 0. The Balaban J connectivity index is 1.87. The summed E-state index contributed by atoms with van der Waals surface area (Å²) in [5, 5.41) is 10.5. The average molecular weight is 304 g/mol. The van der Waals surface area contributed by atoms with Gasteiger partial charge in [-0.15, -0.1) is 0 Å². The molecule has 0 atom stereocenters. The van der Waals surface area contributed by atoms with E-state index in [0.717, 1.165) is 17.4 Å². The molecule has 116 valence electrons. The fourth-order valence-electron chi connectivity index (χ4n) is 1.84. The molecule has 0 aliphatic heterocycles. The Morgan fingerprint density at radius 1 is 1.36 bits per heavy atom. The van der Waals surface area contributed by atoms with E-state index in [1.807, 2.05) is 31.2 Å². The lowest BCUT2D eigenvalue weighted by molar-refractivity contribution is -0.402. The molecule has 7 nitrogen and oxygen atoms in total. The van der Waals surface area contributed by atoms with Crippen molar-refractivity contribution in [2.75, 3.05) is 20.2 Å². The number of rotatable bonds is 6. The molecule has 2 rings (SSSR count). The number of aryl methyl sites for hydroxylation is 1. The lowest BCUT2D eigenvalue weighted by atomic mass is 10.2. The molecule has 0 N–H and O–H groups in total. The first-order valence-corrected chi connectivity index (χ1v) is 6.66. The quantitative estimate of drug-likeness (QED) is 0.605. The molecule has 0 aliphatic rings. The number of carbonyl (C=O) groups excluding carboxylic acids is 1. The topological polar surface area (TPSA) is 85.8 Å². The van der Waals surface area contributed by atoms with Gasteiger partial charge in [-0.25, -0.2) is 0 Å². The summed E-state index contributed by atoms with van der Waals surface area (Å²) in [5.74, 6) is -0.215. The van der Waals surface area contributed by atoms with Crippen LogP contribution in [0.25, 0.3) is 0 Å². The second-order valence-corrected chi connectivity index (χ2v) is 4.79. The molecule has 1 heterocycles. The van der Waals surface area contributed by atoms with Gasteiger partial charge in [-0.3, -0.25) is 14.9 Å². The van der Waals surface area contributed by atoms with Gasteiger partial charge in [0.15, 0.2) is 5.76 Å². The van der Waals surface area contributed by atoms with Crippen molar-refractivity contribution in [2.24, 2.45) is 0 Å². The van der Waals surface area contributed by atoms with E-state index in [9.17, 15) is 14.9 Å². The number of furan rings is 1. The monoisotopic (exact) mass is 304 g/mol. The number of nitro groups is 1. The van der Waals surface area contributed by atoms with Crippen molar-refractivity contribution in [3.8, 4) is 5.75 Å². The molecule has 0 aliphatic carbocycles. The average Bonchev–Trinajstić information content (AvgIpc) is 2.96. The third-order valence-electron chi connectivity index (χ3n) is 3.01. The van der Waals surface area contributed by atoms with E-state index in [4.69, 9.17) is 9.15 Å². The maximum atomic E-state index is 12.0. The van der Waals surface area contributed by atoms with Crippen molar-refractivity contribution in [2.45, 2.75) is 6.92 Å². The summed E-state index contributed by atoms with van der Waals surface area (Å²) in [5.41, 5.74) is 1.09. The minimum absolute atomic E-state index is 0.0650. The molecule has 0 radical (unpaired) electrons. The zero-order valence-corrected chi connectivity index (χ0v) is 12.3. The largest absolute Gasteiger partial charge is 0.492 e. The van der Waals surface area contributed by atoms with Crippen LogP contribution in [-0.4, -0.2) is 35.9 Å². The molecular formula is C15H16N2O5. The smallest absolute Gasteiger partial charge is 0.433 e. The molecule has 0 unspecified atom stereocenters. The minimum atomic E-state index is -0.683. The van der Waals surface area contributed by atoms with Crippen molar-refractivity contribution in [1.82, 2.24) is 4.90 Å². The summed E-state index contributed by atoms with van der Waals surface area (Å²) in [6.45, 7) is 2.61. The lowest BCUT2D eigenvalue weighted by Crippen LogP contribution is -2.30. The fraction of sp³-hybridized carbons (Fsp3) is 0.267. The summed E-state index contributed by atoms with van der Waals surface area (Å²) in [4.78, 5) is 23.3. The number of hydrogen-bond acceptors (Lipinski definition) is 5. The van der Waals surface area contributed by atoms with Crippen LogP contribution in [0, 0.1) is 17.0 Å². The number of hydrogen-bond donors (Lipinski definition) is 0. The van der Waals surface area contributed by atoms with E-state index in [2.05, 4.69) is 0 Å². The fourth-order valence-corrected chi connectivity index (χ4v) is 1.84. The van der Waals surface area contributed by atoms with Crippen LogP contribution in [0.1, 0.15) is 16.1 Å². The highest BCUT2D eigenvalue weighted by Crippen LogP contribution is 2.17. The van der Waals surface area contributed by atoms with Gasteiger partial charge in [-0.2, -0.15) is 0 Å². The molecule has 0 saturated carbocycles. The molecule has 7 heteroatoms. The first kappa shape index (κ1) is 15.6. The highest BCUT2D eigenvalue weighted by Gasteiger charge is 2.20. The zero-order valence-electron chi connectivity index (χ0n) is 12.3. The van der Waals surface area contributed by atoms with Crippen LogP contribution in [0.5, 0.6) is 5.75 Å². The maximum absolute atomic E-state index is 12.0. The van der Waals surface area contributed by atoms with Crippen LogP contribution in [0.2, 0.25) is 0 Å². The highest BCUT2D eigenvalue weighted by molar-refractivity contribution is 5.91. The number of benzene rings is 1. The first-order valence-electron chi connectivity index (χ1n) is 6.66. The minimum Gasteiger partial charge on any atom is -0.492 e. The summed E-state index contributed by atoms with van der Waals surface area (Å²) in [7, 11) is 1.58. The predicted molar refractivity (Wildman–Crippen MR) is 79.0 cm³/mol. The number of carbonyl (C=O) groups is 1. The first-order chi connectivity index (χ1) is 10.5. The third kappa shape index (κ3) is 3.85. The lowest BCUT2D eigenvalue weighted by Gasteiger charge is -2.16. The van der Waals surface area contributed by atoms with Gasteiger partial charge in [0.1, 0.15) is 17.3 Å². The van der Waals surface area contributed by atoms with E-state index in [0.29, 0.717) is 13.2 Å². The van der Waals surface area contributed by atoms with Gasteiger partial charge in [-0.1, -0.05) is 12.1 Å². The molecule has 1 aromatic carbocycles. The summed E-state index contributed by atoms with van der Waals surface area (Å²) < 4.78 is 10.4. The van der Waals surface area contributed by atoms with Crippen molar-refractivity contribution in [3.63, 3.8) is 0 Å². The SMILES string of the molecule is Cc1cccc(OCCN(C)C(=O)c2ccc([N+](=O)[O-])o2)c1. The van der Waals surface area contributed by atoms with Crippen LogP contribution in [0.4, 0.5) is 5.88 Å². The van der Waals surface area contributed by atoms with Gasteiger partial charge in [-0.05, 0) is 30.7 Å². The van der Waals surface area contributed by atoms with Gasteiger partial charge in [0.05, 0.1) is 12.6 Å². The van der Waals surface area contributed by atoms with Crippen LogP contribution in [-0.2, 0) is 0 Å². The van der Waals surface area contributed by atoms with E-state index >= 15 is 0 Å². The van der Waals surface area contributed by atoms with E-state index in [1.165, 1.54) is 11.0 Å². The normalized spacial score (nSPS) is 10.3. The summed E-state index contributed by atoms with van der Waals surface area (Å²) in [6, 6.07) is 10.0. The Hall–Kier alpha value is -2.83. The van der Waals surface area contributed by atoms with Crippen molar-refractivity contribution < 1.29 is 18.9 Å².